The van der Waals surface area contributed by atoms with Gasteiger partial charge in [0.15, 0.2) is 0 Å². The average molecular weight is 333 g/mol. The number of carbonyl (C=O) groups excluding carboxylic acids is 1. The van der Waals surface area contributed by atoms with Crippen LogP contribution >= 0.6 is 0 Å². The lowest BCUT2D eigenvalue weighted by Gasteiger charge is -2.25. The zero-order valence-corrected chi connectivity index (χ0v) is 14.1. The lowest BCUT2D eigenvalue weighted by molar-refractivity contribution is 0.0790. The number of carbonyl (C=O) groups is 1. The van der Waals surface area contributed by atoms with Crippen molar-refractivity contribution < 1.29 is 9.18 Å². The molecule has 0 unspecified atom stereocenters. The van der Waals surface area contributed by atoms with Crippen LogP contribution in [0.1, 0.15) is 27.4 Å². The Kier molecular flexibility index (Phi) is 5.24. The summed E-state index contributed by atoms with van der Waals surface area (Å²) in [7, 11) is 1.76. The second-order valence-corrected chi connectivity index (χ2v) is 6.07. The second kappa shape index (κ2) is 7.75. The number of benzene rings is 3. The van der Waals surface area contributed by atoms with E-state index in [4.69, 9.17) is 0 Å². The van der Waals surface area contributed by atoms with Gasteiger partial charge in [-0.2, -0.15) is 0 Å². The number of likely N-dealkylation sites (N-methyl/N-ethyl adjacent to an activating group) is 1. The van der Waals surface area contributed by atoms with E-state index in [0.29, 0.717) is 12.1 Å². The number of rotatable bonds is 5. The molecule has 1 amide bonds. The van der Waals surface area contributed by atoms with Crippen LogP contribution in [0, 0.1) is 5.82 Å². The summed E-state index contributed by atoms with van der Waals surface area (Å²) in [5.41, 5.74) is 2.66. The molecule has 0 saturated heterocycles. The normalized spacial score (nSPS) is 10.7. The molecule has 3 aromatic rings. The van der Waals surface area contributed by atoms with Crippen molar-refractivity contribution in [3.8, 4) is 0 Å². The molecule has 0 heterocycles. The molecule has 0 aromatic heterocycles. The molecule has 3 rings (SSSR count). The SMILES string of the molecule is CN(CC(c1ccccc1)c1ccccc1)C(=O)c1cccc(F)c1. The van der Waals surface area contributed by atoms with Gasteiger partial charge in [-0.3, -0.25) is 4.79 Å². The van der Waals surface area contributed by atoms with E-state index in [9.17, 15) is 9.18 Å². The molecule has 0 aliphatic carbocycles. The van der Waals surface area contributed by atoms with Gasteiger partial charge in [-0.25, -0.2) is 4.39 Å². The first-order valence-electron chi connectivity index (χ1n) is 8.26. The fourth-order valence-electron chi connectivity index (χ4n) is 2.97. The Morgan fingerprint density at radius 3 is 1.96 bits per heavy atom. The maximum atomic E-state index is 13.4. The number of halogens is 1. The Hall–Kier alpha value is -2.94. The van der Waals surface area contributed by atoms with Gasteiger partial charge in [0.05, 0.1) is 0 Å². The molecule has 0 saturated carbocycles. The summed E-state index contributed by atoms with van der Waals surface area (Å²) in [6.07, 6.45) is 0. The zero-order chi connectivity index (χ0) is 17.6. The lowest BCUT2D eigenvalue weighted by atomic mass is 9.91. The van der Waals surface area contributed by atoms with Crippen molar-refractivity contribution in [3.63, 3.8) is 0 Å². The van der Waals surface area contributed by atoms with Crippen molar-refractivity contribution in [2.45, 2.75) is 5.92 Å². The summed E-state index contributed by atoms with van der Waals surface area (Å²) in [6.45, 7) is 0.517. The first kappa shape index (κ1) is 16.9. The van der Waals surface area contributed by atoms with Crippen LogP contribution in [0.15, 0.2) is 84.9 Å². The highest BCUT2D eigenvalue weighted by molar-refractivity contribution is 5.94. The van der Waals surface area contributed by atoms with E-state index in [1.165, 1.54) is 12.1 Å². The molecule has 0 aliphatic heterocycles. The van der Waals surface area contributed by atoms with Crippen LogP contribution in [0.3, 0.4) is 0 Å². The van der Waals surface area contributed by atoms with Gasteiger partial charge in [-0.05, 0) is 29.3 Å². The largest absolute Gasteiger partial charge is 0.341 e. The van der Waals surface area contributed by atoms with E-state index in [-0.39, 0.29) is 11.8 Å². The molecule has 0 bridgehead atoms. The molecule has 0 aliphatic rings. The van der Waals surface area contributed by atoms with Gasteiger partial charge >= 0.3 is 0 Å². The van der Waals surface area contributed by atoms with Crippen molar-refractivity contribution in [1.29, 1.82) is 0 Å². The molecule has 3 heteroatoms. The summed E-state index contributed by atoms with van der Waals surface area (Å²) in [5.74, 6) is -0.525. The van der Waals surface area contributed by atoms with Gasteiger partial charge in [-0.15, -0.1) is 0 Å². The maximum Gasteiger partial charge on any atom is 0.253 e. The highest BCUT2D eigenvalue weighted by atomic mass is 19.1. The van der Waals surface area contributed by atoms with Crippen LogP contribution in [0.5, 0.6) is 0 Å². The lowest BCUT2D eigenvalue weighted by Crippen LogP contribution is -2.31. The van der Waals surface area contributed by atoms with E-state index in [2.05, 4.69) is 24.3 Å². The molecular weight excluding hydrogens is 313 g/mol. The molecule has 0 fully saturated rings. The van der Waals surface area contributed by atoms with Crippen LogP contribution < -0.4 is 0 Å². The van der Waals surface area contributed by atoms with Gasteiger partial charge in [0, 0.05) is 25.1 Å². The monoisotopic (exact) mass is 333 g/mol. The molecule has 126 valence electrons. The average Bonchev–Trinajstić information content (AvgIpc) is 2.66. The van der Waals surface area contributed by atoms with E-state index in [0.717, 1.165) is 11.1 Å². The third-order valence-electron chi connectivity index (χ3n) is 4.28. The molecule has 2 nitrogen and oxygen atoms in total. The predicted molar refractivity (Wildman–Crippen MR) is 98.1 cm³/mol. The summed E-state index contributed by atoms with van der Waals surface area (Å²) >= 11 is 0. The fourth-order valence-corrected chi connectivity index (χ4v) is 2.97. The smallest absolute Gasteiger partial charge is 0.253 e. The van der Waals surface area contributed by atoms with Crippen LogP contribution in [-0.2, 0) is 0 Å². The molecule has 0 N–H and O–H groups in total. The predicted octanol–water partition coefficient (Wildman–Crippen LogP) is 4.73. The van der Waals surface area contributed by atoms with Crippen LogP contribution in [0.2, 0.25) is 0 Å². The number of hydrogen-bond acceptors (Lipinski definition) is 1. The van der Waals surface area contributed by atoms with E-state index in [1.807, 2.05) is 36.4 Å². The minimum atomic E-state index is -0.401. The zero-order valence-electron chi connectivity index (χ0n) is 14.1. The number of nitrogens with zero attached hydrogens (tertiary/aromatic N) is 1. The summed E-state index contributed by atoms with van der Waals surface area (Å²) < 4.78 is 13.4. The topological polar surface area (TPSA) is 20.3 Å². The molecule has 3 aromatic carbocycles. The van der Waals surface area contributed by atoms with Gasteiger partial charge < -0.3 is 4.90 Å². The van der Waals surface area contributed by atoms with E-state index >= 15 is 0 Å². The van der Waals surface area contributed by atoms with Crippen LogP contribution in [0.25, 0.3) is 0 Å². The Morgan fingerprint density at radius 2 is 1.44 bits per heavy atom. The van der Waals surface area contributed by atoms with Gasteiger partial charge in [0.1, 0.15) is 5.82 Å². The van der Waals surface area contributed by atoms with E-state index < -0.39 is 5.82 Å². The number of hydrogen-bond donors (Lipinski definition) is 0. The van der Waals surface area contributed by atoms with Gasteiger partial charge in [0.2, 0.25) is 0 Å². The van der Waals surface area contributed by atoms with Crippen molar-refractivity contribution >= 4 is 5.91 Å². The van der Waals surface area contributed by atoms with Crippen LogP contribution in [-0.4, -0.2) is 24.4 Å². The summed E-state index contributed by atoms with van der Waals surface area (Å²) in [6, 6.07) is 26.0. The highest BCUT2D eigenvalue weighted by Crippen LogP contribution is 2.25. The Morgan fingerprint density at radius 1 is 0.880 bits per heavy atom. The Bertz CT molecular complexity index is 793. The maximum absolute atomic E-state index is 13.4. The second-order valence-electron chi connectivity index (χ2n) is 6.07. The van der Waals surface area contributed by atoms with Gasteiger partial charge in [-0.1, -0.05) is 66.7 Å². The standard InChI is InChI=1S/C22H20FNO/c1-24(22(25)19-13-8-14-20(23)15-19)16-21(17-9-4-2-5-10-17)18-11-6-3-7-12-18/h2-15,21H,16H2,1H3. The highest BCUT2D eigenvalue weighted by Gasteiger charge is 2.20. The molecule has 25 heavy (non-hydrogen) atoms. The minimum Gasteiger partial charge on any atom is -0.341 e. The quantitative estimate of drug-likeness (QED) is 0.661. The summed E-state index contributed by atoms with van der Waals surface area (Å²) in [5, 5.41) is 0. The Balaban J connectivity index is 1.86. The van der Waals surface area contributed by atoms with Crippen molar-refractivity contribution in [2.24, 2.45) is 0 Å². The van der Waals surface area contributed by atoms with Crippen LogP contribution in [0.4, 0.5) is 4.39 Å². The van der Waals surface area contributed by atoms with E-state index in [1.54, 1.807) is 24.1 Å². The minimum absolute atomic E-state index is 0.0601. The Labute approximate surface area is 147 Å². The first-order valence-corrected chi connectivity index (χ1v) is 8.26. The molecular formula is C22H20FNO. The van der Waals surface area contributed by atoms with Gasteiger partial charge in [0.25, 0.3) is 5.91 Å². The van der Waals surface area contributed by atoms with Crippen molar-refractivity contribution in [3.05, 3.63) is 107 Å². The molecule has 0 atom stereocenters. The first-order chi connectivity index (χ1) is 12.1. The summed E-state index contributed by atoms with van der Waals surface area (Å²) in [4.78, 5) is 14.3. The number of amides is 1. The molecule has 0 radical (unpaired) electrons. The van der Waals surface area contributed by atoms with Crippen molar-refractivity contribution in [1.82, 2.24) is 4.90 Å². The molecule has 0 spiro atoms. The third-order valence-corrected chi connectivity index (χ3v) is 4.28. The van der Waals surface area contributed by atoms with Crippen molar-refractivity contribution in [2.75, 3.05) is 13.6 Å². The third kappa shape index (κ3) is 4.13. The fraction of sp³-hybridized carbons (Fsp3) is 0.136.